The third-order valence-electron chi connectivity index (χ3n) is 3.65. The van der Waals surface area contributed by atoms with Gasteiger partial charge in [0.2, 0.25) is 0 Å². The van der Waals surface area contributed by atoms with E-state index in [0.717, 1.165) is 38.2 Å². The zero-order valence-electron chi connectivity index (χ0n) is 12.0. The van der Waals surface area contributed by atoms with E-state index in [-0.39, 0.29) is 0 Å². The molecule has 0 aromatic carbocycles. The molecule has 0 saturated carbocycles. The van der Waals surface area contributed by atoms with Crippen molar-refractivity contribution < 1.29 is 9.47 Å². The van der Waals surface area contributed by atoms with Crippen molar-refractivity contribution in [2.24, 2.45) is 11.7 Å². The molecule has 0 aliphatic carbocycles. The van der Waals surface area contributed by atoms with Crippen LogP contribution in [-0.2, 0) is 6.54 Å². The summed E-state index contributed by atoms with van der Waals surface area (Å²) in [4.78, 5) is 7.34. The van der Waals surface area contributed by atoms with Crippen molar-refractivity contribution in [2.75, 3.05) is 27.3 Å². The van der Waals surface area contributed by atoms with Crippen LogP contribution < -0.4 is 15.2 Å². The summed E-state index contributed by atoms with van der Waals surface area (Å²) in [6.45, 7) is 2.64. The second-order valence-corrected chi connectivity index (χ2v) is 5.44. The van der Waals surface area contributed by atoms with E-state index < -0.39 is 0 Å². The third-order valence-corrected chi connectivity index (χ3v) is 3.98. The van der Waals surface area contributed by atoms with Crippen LogP contribution in [0, 0.1) is 5.92 Å². The van der Waals surface area contributed by atoms with E-state index in [1.165, 1.54) is 0 Å². The topological polar surface area (TPSA) is 60.6 Å². The van der Waals surface area contributed by atoms with E-state index in [1.807, 2.05) is 0 Å². The number of hydrogen-bond acceptors (Lipinski definition) is 5. The molecule has 1 fully saturated rings. The SMILES string of the molecule is COc1ccnc(CN2CCCC(C(N)=S)C2)c1OC. The molecular weight excluding hydrogens is 274 g/mol. The number of likely N-dealkylation sites (tertiary alicyclic amines) is 1. The third kappa shape index (κ3) is 3.37. The highest BCUT2D eigenvalue weighted by Crippen LogP contribution is 2.30. The quantitative estimate of drug-likeness (QED) is 0.833. The lowest BCUT2D eigenvalue weighted by atomic mass is 9.98. The average molecular weight is 295 g/mol. The second kappa shape index (κ2) is 6.85. The van der Waals surface area contributed by atoms with Gasteiger partial charge in [-0.1, -0.05) is 12.2 Å². The molecule has 1 aromatic heterocycles. The molecule has 2 rings (SSSR count). The Morgan fingerprint density at radius 3 is 2.95 bits per heavy atom. The van der Waals surface area contributed by atoms with Crippen LogP contribution in [0.3, 0.4) is 0 Å². The number of thiocarbonyl (C=S) groups is 1. The molecule has 110 valence electrons. The lowest BCUT2D eigenvalue weighted by Gasteiger charge is -2.32. The first-order valence-electron chi connectivity index (χ1n) is 6.73. The standard InChI is InChI=1S/C14H21N3O2S/c1-18-12-5-6-16-11(13(12)19-2)9-17-7-3-4-10(8-17)14(15)20/h5-6,10H,3-4,7-9H2,1-2H3,(H2,15,20). The van der Waals surface area contributed by atoms with Gasteiger partial charge in [-0.2, -0.15) is 0 Å². The minimum atomic E-state index is 0.301. The van der Waals surface area contributed by atoms with Crippen LogP contribution in [0.2, 0.25) is 0 Å². The Morgan fingerprint density at radius 2 is 2.30 bits per heavy atom. The number of hydrogen-bond donors (Lipinski definition) is 1. The number of nitrogens with two attached hydrogens (primary N) is 1. The van der Waals surface area contributed by atoms with Crippen LogP contribution in [0.25, 0.3) is 0 Å². The van der Waals surface area contributed by atoms with Gasteiger partial charge in [0.1, 0.15) is 5.69 Å². The predicted molar refractivity (Wildman–Crippen MR) is 82.1 cm³/mol. The smallest absolute Gasteiger partial charge is 0.183 e. The van der Waals surface area contributed by atoms with Gasteiger partial charge in [0, 0.05) is 31.3 Å². The van der Waals surface area contributed by atoms with Gasteiger partial charge < -0.3 is 15.2 Å². The van der Waals surface area contributed by atoms with Crippen molar-refractivity contribution in [1.82, 2.24) is 9.88 Å². The number of nitrogens with zero attached hydrogens (tertiary/aromatic N) is 2. The Kier molecular flexibility index (Phi) is 5.14. The number of pyridine rings is 1. The molecule has 1 saturated heterocycles. The summed E-state index contributed by atoms with van der Waals surface area (Å²) in [5.74, 6) is 1.71. The van der Waals surface area contributed by atoms with E-state index >= 15 is 0 Å². The molecule has 0 radical (unpaired) electrons. The molecule has 0 spiro atoms. The number of ether oxygens (including phenoxy) is 2. The molecule has 6 heteroatoms. The number of rotatable bonds is 5. The number of aromatic nitrogens is 1. The molecule has 2 N–H and O–H groups in total. The summed E-state index contributed by atoms with van der Waals surface area (Å²) >= 11 is 5.11. The zero-order valence-corrected chi connectivity index (χ0v) is 12.8. The van der Waals surface area contributed by atoms with E-state index in [0.29, 0.717) is 22.4 Å². The van der Waals surface area contributed by atoms with Crippen LogP contribution in [0.15, 0.2) is 12.3 Å². The normalized spacial score (nSPS) is 19.6. The Hall–Kier alpha value is -1.40. The van der Waals surface area contributed by atoms with Crippen molar-refractivity contribution in [3.8, 4) is 11.5 Å². The maximum atomic E-state index is 5.77. The molecule has 1 unspecified atom stereocenters. The van der Waals surface area contributed by atoms with Gasteiger partial charge >= 0.3 is 0 Å². The molecule has 0 amide bonds. The van der Waals surface area contributed by atoms with Crippen molar-refractivity contribution in [3.05, 3.63) is 18.0 Å². The maximum absolute atomic E-state index is 5.77. The largest absolute Gasteiger partial charge is 0.493 e. The van der Waals surface area contributed by atoms with Gasteiger partial charge in [0.25, 0.3) is 0 Å². The van der Waals surface area contributed by atoms with E-state index in [4.69, 9.17) is 27.4 Å². The van der Waals surface area contributed by atoms with Gasteiger partial charge in [-0.15, -0.1) is 0 Å². The zero-order chi connectivity index (χ0) is 14.5. The molecule has 5 nitrogen and oxygen atoms in total. The minimum absolute atomic E-state index is 0.301. The molecule has 2 heterocycles. The lowest BCUT2D eigenvalue weighted by molar-refractivity contribution is 0.192. The summed E-state index contributed by atoms with van der Waals surface area (Å²) in [5, 5.41) is 0. The predicted octanol–water partition coefficient (Wildman–Crippen LogP) is 1.60. The maximum Gasteiger partial charge on any atom is 0.183 e. The second-order valence-electron chi connectivity index (χ2n) is 4.97. The summed E-state index contributed by atoms with van der Waals surface area (Å²) in [6.07, 6.45) is 3.93. The van der Waals surface area contributed by atoms with Crippen molar-refractivity contribution in [3.63, 3.8) is 0 Å². The van der Waals surface area contributed by atoms with E-state index in [2.05, 4.69) is 9.88 Å². The van der Waals surface area contributed by atoms with Crippen molar-refractivity contribution in [1.29, 1.82) is 0 Å². The van der Waals surface area contributed by atoms with Crippen molar-refractivity contribution in [2.45, 2.75) is 19.4 Å². The Labute approximate surface area is 125 Å². The summed E-state index contributed by atoms with van der Waals surface area (Å²) in [7, 11) is 3.27. The minimum Gasteiger partial charge on any atom is -0.493 e. The molecule has 20 heavy (non-hydrogen) atoms. The Bertz CT molecular complexity index is 481. The van der Waals surface area contributed by atoms with Crippen molar-refractivity contribution >= 4 is 17.2 Å². The molecule has 1 atom stereocenters. The molecule has 0 bridgehead atoms. The molecule has 1 aliphatic heterocycles. The number of piperidine rings is 1. The molecule has 1 aliphatic rings. The fourth-order valence-corrected chi connectivity index (χ4v) is 2.80. The fourth-order valence-electron chi connectivity index (χ4n) is 2.61. The molecule has 1 aromatic rings. The van der Waals surface area contributed by atoms with Crippen LogP contribution in [0.1, 0.15) is 18.5 Å². The van der Waals surface area contributed by atoms with E-state index in [1.54, 1.807) is 26.5 Å². The Morgan fingerprint density at radius 1 is 1.50 bits per heavy atom. The summed E-state index contributed by atoms with van der Waals surface area (Å²) in [6, 6.07) is 1.80. The first kappa shape index (κ1) is 15.0. The average Bonchev–Trinajstić information content (AvgIpc) is 2.47. The fraction of sp³-hybridized carbons (Fsp3) is 0.571. The summed E-state index contributed by atoms with van der Waals surface area (Å²) < 4.78 is 10.7. The highest BCUT2D eigenvalue weighted by Gasteiger charge is 2.23. The van der Waals surface area contributed by atoms with Crippen LogP contribution >= 0.6 is 12.2 Å². The van der Waals surface area contributed by atoms with Gasteiger partial charge in [0.05, 0.1) is 19.2 Å². The van der Waals surface area contributed by atoms with Gasteiger partial charge in [-0.25, -0.2) is 0 Å². The van der Waals surface area contributed by atoms with Crippen LogP contribution in [0.4, 0.5) is 0 Å². The summed E-state index contributed by atoms with van der Waals surface area (Å²) in [5.41, 5.74) is 6.65. The van der Waals surface area contributed by atoms with Gasteiger partial charge in [0.15, 0.2) is 11.5 Å². The molecular formula is C14H21N3O2S. The number of methoxy groups -OCH3 is 2. The van der Waals surface area contributed by atoms with Crippen LogP contribution in [0.5, 0.6) is 11.5 Å². The highest BCUT2D eigenvalue weighted by atomic mass is 32.1. The highest BCUT2D eigenvalue weighted by molar-refractivity contribution is 7.80. The van der Waals surface area contributed by atoms with Crippen LogP contribution in [-0.4, -0.2) is 42.2 Å². The monoisotopic (exact) mass is 295 g/mol. The van der Waals surface area contributed by atoms with Gasteiger partial charge in [-0.05, 0) is 19.4 Å². The first-order valence-corrected chi connectivity index (χ1v) is 7.14. The van der Waals surface area contributed by atoms with E-state index in [9.17, 15) is 0 Å². The van der Waals surface area contributed by atoms with Gasteiger partial charge in [-0.3, -0.25) is 9.88 Å². The Balaban J connectivity index is 2.11. The lowest BCUT2D eigenvalue weighted by Crippen LogP contribution is -2.40. The first-order chi connectivity index (χ1) is 9.65.